The second-order valence-electron chi connectivity index (χ2n) is 7.75. The van der Waals surface area contributed by atoms with Crippen LogP contribution in [0.15, 0.2) is 36.7 Å². The average molecular weight is 404 g/mol. The van der Waals surface area contributed by atoms with Crippen LogP contribution in [0.3, 0.4) is 0 Å². The molecule has 0 bridgehead atoms. The number of ether oxygens (including phenoxy) is 1. The van der Waals surface area contributed by atoms with E-state index >= 15 is 0 Å². The van der Waals surface area contributed by atoms with Crippen LogP contribution in [0.25, 0.3) is 0 Å². The van der Waals surface area contributed by atoms with E-state index in [1.807, 2.05) is 35.5 Å². The van der Waals surface area contributed by atoms with Gasteiger partial charge in [0.2, 0.25) is 5.91 Å². The van der Waals surface area contributed by atoms with E-state index in [1.54, 1.807) is 0 Å². The predicted octanol–water partition coefficient (Wildman–Crippen LogP) is 1.24. The van der Waals surface area contributed by atoms with E-state index in [4.69, 9.17) is 16.3 Å². The maximum Gasteiger partial charge on any atom is 0.226 e. The van der Waals surface area contributed by atoms with E-state index in [9.17, 15) is 4.79 Å². The van der Waals surface area contributed by atoms with Crippen LogP contribution in [-0.4, -0.2) is 59.8 Å². The van der Waals surface area contributed by atoms with Crippen LogP contribution in [0.4, 0.5) is 0 Å². The highest BCUT2D eigenvalue weighted by molar-refractivity contribution is 6.30. The number of benzene rings is 1. The Hall–Kier alpha value is -1.89. The number of nitrogens with one attached hydrogen (secondary N) is 1. The summed E-state index contributed by atoms with van der Waals surface area (Å²) >= 11 is 6.12. The Kier molecular flexibility index (Phi) is 6.29. The second kappa shape index (κ2) is 9.07. The Balaban J connectivity index is 1.42. The molecule has 2 aromatic rings. The molecule has 1 amide bonds. The number of aromatic nitrogens is 2. The normalized spacial score (nSPS) is 17.6. The highest BCUT2D eigenvalue weighted by atomic mass is 35.5. The van der Waals surface area contributed by atoms with Gasteiger partial charge < -0.3 is 19.1 Å². The highest BCUT2D eigenvalue weighted by Gasteiger charge is 2.34. The molecule has 7 heteroatoms. The Morgan fingerprint density at radius 1 is 1.32 bits per heavy atom. The summed E-state index contributed by atoms with van der Waals surface area (Å²) in [5.41, 5.74) is 1.13. The van der Waals surface area contributed by atoms with E-state index in [0.717, 1.165) is 68.6 Å². The molecule has 1 saturated heterocycles. The summed E-state index contributed by atoms with van der Waals surface area (Å²) in [4.78, 5) is 20.9. The molecule has 2 aliphatic rings. The standard InChI is InChI=1S/C21H27ClN4O2/c22-19-3-1-2-17(14-19)15-25-7-6-23-20(25)16-26(21(27)18-4-5-18)9-8-24-10-12-28-13-11-24/h1-3,6-7,14,18H,4-5,8-13,15-16H2/p+1. The second-order valence-corrected chi connectivity index (χ2v) is 8.18. The number of carbonyl (C=O) groups is 1. The zero-order valence-electron chi connectivity index (χ0n) is 16.1. The number of amides is 1. The van der Waals surface area contributed by atoms with Gasteiger partial charge in [0, 0.05) is 29.9 Å². The van der Waals surface area contributed by atoms with Crippen molar-refractivity contribution < 1.29 is 14.4 Å². The van der Waals surface area contributed by atoms with Crippen molar-refractivity contribution in [2.75, 3.05) is 39.4 Å². The van der Waals surface area contributed by atoms with Gasteiger partial charge in [-0.15, -0.1) is 0 Å². The van der Waals surface area contributed by atoms with Gasteiger partial charge in [-0.3, -0.25) is 4.79 Å². The zero-order chi connectivity index (χ0) is 19.3. The van der Waals surface area contributed by atoms with Crippen LogP contribution in [-0.2, 0) is 22.6 Å². The maximum atomic E-state index is 12.9. The molecular formula is C21H28ClN4O2+. The van der Waals surface area contributed by atoms with E-state index in [0.29, 0.717) is 13.1 Å². The molecule has 4 rings (SSSR count). The number of quaternary nitrogens is 1. The molecule has 0 unspecified atom stereocenters. The molecular weight excluding hydrogens is 376 g/mol. The van der Waals surface area contributed by atoms with E-state index in [-0.39, 0.29) is 11.8 Å². The van der Waals surface area contributed by atoms with Gasteiger partial charge in [0.15, 0.2) is 0 Å². The van der Waals surface area contributed by atoms with Gasteiger partial charge in [-0.25, -0.2) is 4.98 Å². The molecule has 1 aromatic heterocycles. The summed E-state index contributed by atoms with van der Waals surface area (Å²) in [5, 5.41) is 0.734. The van der Waals surface area contributed by atoms with E-state index in [1.165, 1.54) is 4.90 Å². The minimum Gasteiger partial charge on any atom is -0.370 e. The van der Waals surface area contributed by atoms with Crippen LogP contribution in [0.5, 0.6) is 0 Å². The molecule has 150 valence electrons. The average Bonchev–Trinajstić information content (AvgIpc) is 3.47. The molecule has 1 aliphatic carbocycles. The number of hydrogen-bond donors (Lipinski definition) is 1. The summed E-state index contributed by atoms with van der Waals surface area (Å²) in [6.07, 6.45) is 5.84. The van der Waals surface area contributed by atoms with Crippen molar-refractivity contribution in [2.45, 2.75) is 25.9 Å². The summed E-state index contributed by atoms with van der Waals surface area (Å²) < 4.78 is 7.56. The minimum atomic E-state index is 0.219. The summed E-state index contributed by atoms with van der Waals surface area (Å²) in [6.45, 7) is 6.68. The van der Waals surface area contributed by atoms with Crippen molar-refractivity contribution in [3.05, 3.63) is 53.1 Å². The lowest BCUT2D eigenvalue weighted by Crippen LogP contribution is -3.14. The van der Waals surface area contributed by atoms with Gasteiger partial charge in [-0.2, -0.15) is 0 Å². The maximum absolute atomic E-state index is 12.9. The van der Waals surface area contributed by atoms with Crippen LogP contribution in [0.2, 0.25) is 5.02 Å². The number of hydrogen-bond acceptors (Lipinski definition) is 3. The fraction of sp³-hybridized carbons (Fsp3) is 0.524. The van der Waals surface area contributed by atoms with Crippen LogP contribution >= 0.6 is 11.6 Å². The first kappa shape index (κ1) is 19.4. The van der Waals surface area contributed by atoms with E-state index < -0.39 is 0 Å². The largest absolute Gasteiger partial charge is 0.370 e. The van der Waals surface area contributed by atoms with Crippen molar-refractivity contribution in [2.24, 2.45) is 5.92 Å². The molecule has 1 saturated carbocycles. The molecule has 0 spiro atoms. The van der Waals surface area contributed by atoms with Crippen LogP contribution in [0, 0.1) is 5.92 Å². The molecule has 0 atom stereocenters. The Morgan fingerprint density at radius 3 is 2.89 bits per heavy atom. The van der Waals surface area contributed by atoms with Crippen LogP contribution in [0.1, 0.15) is 24.2 Å². The van der Waals surface area contributed by atoms with Gasteiger partial charge >= 0.3 is 0 Å². The fourth-order valence-corrected chi connectivity index (χ4v) is 3.91. The van der Waals surface area contributed by atoms with E-state index in [2.05, 4.69) is 15.6 Å². The molecule has 28 heavy (non-hydrogen) atoms. The van der Waals surface area contributed by atoms with Crippen molar-refractivity contribution in [3.63, 3.8) is 0 Å². The van der Waals surface area contributed by atoms with Gasteiger partial charge in [-0.1, -0.05) is 23.7 Å². The highest BCUT2D eigenvalue weighted by Crippen LogP contribution is 2.31. The van der Waals surface area contributed by atoms with Crippen molar-refractivity contribution in [3.8, 4) is 0 Å². The number of morpholine rings is 1. The Labute approximate surface area is 171 Å². The predicted molar refractivity (Wildman–Crippen MR) is 107 cm³/mol. The molecule has 0 radical (unpaired) electrons. The number of halogens is 1. The first-order chi connectivity index (χ1) is 13.7. The SMILES string of the molecule is O=C(C1CC1)N(CC[NH+]1CCOCC1)Cc1nccn1Cc1cccc(Cl)c1. The quantitative estimate of drug-likeness (QED) is 0.721. The number of carbonyl (C=O) groups excluding carboxylic acids is 1. The summed E-state index contributed by atoms with van der Waals surface area (Å²) in [6, 6.07) is 7.87. The molecule has 1 aliphatic heterocycles. The smallest absolute Gasteiger partial charge is 0.226 e. The number of rotatable bonds is 8. The fourth-order valence-electron chi connectivity index (χ4n) is 3.70. The summed E-state index contributed by atoms with van der Waals surface area (Å²) in [7, 11) is 0. The number of nitrogens with zero attached hydrogens (tertiary/aromatic N) is 3. The van der Waals surface area contributed by atoms with Crippen molar-refractivity contribution in [1.82, 2.24) is 14.5 Å². The topological polar surface area (TPSA) is 51.8 Å². The lowest BCUT2D eigenvalue weighted by molar-refractivity contribution is -0.907. The molecule has 2 fully saturated rings. The minimum absolute atomic E-state index is 0.219. The molecule has 1 N–H and O–H groups in total. The third-order valence-corrected chi connectivity index (χ3v) is 5.78. The first-order valence-corrected chi connectivity index (χ1v) is 10.5. The van der Waals surface area contributed by atoms with Crippen molar-refractivity contribution >= 4 is 17.5 Å². The van der Waals surface area contributed by atoms with Gasteiger partial charge in [-0.05, 0) is 30.5 Å². The monoisotopic (exact) mass is 403 g/mol. The van der Waals surface area contributed by atoms with Crippen LogP contribution < -0.4 is 4.90 Å². The third kappa shape index (κ3) is 5.13. The third-order valence-electron chi connectivity index (χ3n) is 5.55. The molecule has 2 heterocycles. The van der Waals surface area contributed by atoms with Gasteiger partial charge in [0.25, 0.3) is 0 Å². The Bertz CT molecular complexity index is 799. The first-order valence-electron chi connectivity index (χ1n) is 10.1. The van der Waals surface area contributed by atoms with Gasteiger partial charge in [0.05, 0.1) is 32.8 Å². The zero-order valence-corrected chi connectivity index (χ0v) is 16.9. The Morgan fingerprint density at radius 2 is 2.14 bits per heavy atom. The molecule has 6 nitrogen and oxygen atoms in total. The number of imidazole rings is 1. The lowest BCUT2D eigenvalue weighted by Gasteiger charge is -2.28. The van der Waals surface area contributed by atoms with Crippen molar-refractivity contribution in [1.29, 1.82) is 0 Å². The lowest BCUT2D eigenvalue weighted by atomic mass is 10.2. The molecule has 1 aromatic carbocycles. The van der Waals surface area contributed by atoms with Gasteiger partial charge in [0.1, 0.15) is 18.9 Å². The summed E-state index contributed by atoms with van der Waals surface area (Å²) in [5.74, 6) is 1.42.